The van der Waals surface area contributed by atoms with Crippen molar-refractivity contribution in [3.05, 3.63) is 47.7 Å². The van der Waals surface area contributed by atoms with E-state index in [4.69, 9.17) is 11.6 Å². The predicted molar refractivity (Wildman–Crippen MR) is 73.3 cm³/mol. The van der Waals surface area contributed by atoms with Gasteiger partial charge in [0.1, 0.15) is 11.3 Å². The molecule has 3 rings (SSSR count). The van der Waals surface area contributed by atoms with Crippen LogP contribution in [0.4, 0.5) is 0 Å². The van der Waals surface area contributed by atoms with E-state index in [1.54, 1.807) is 4.68 Å². The zero-order valence-electron chi connectivity index (χ0n) is 10.8. The maximum Gasteiger partial charge on any atom is 0.140 e. The average molecular weight is 276 g/mol. The Labute approximate surface area is 115 Å². The van der Waals surface area contributed by atoms with Crippen LogP contribution in [0, 0.1) is 6.92 Å². The smallest absolute Gasteiger partial charge is 0.140 e. The molecule has 0 aliphatic carbocycles. The van der Waals surface area contributed by atoms with E-state index in [0.717, 1.165) is 22.6 Å². The van der Waals surface area contributed by atoms with E-state index in [2.05, 4.69) is 28.3 Å². The lowest BCUT2D eigenvalue weighted by atomic mass is 10.3. The van der Waals surface area contributed by atoms with E-state index < -0.39 is 0 Å². The minimum absolute atomic E-state index is 0.128. The molecule has 0 amide bonds. The van der Waals surface area contributed by atoms with Gasteiger partial charge in [0.2, 0.25) is 0 Å². The van der Waals surface area contributed by atoms with Crippen molar-refractivity contribution in [3.63, 3.8) is 0 Å². The Morgan fingerprint density at radius 2 is 2.21 bits per heavy atom. The number of halogens is 1. The fraction of sp³-hybridized carbons (Fsp3) is 0.308. The fourth-order valence-corrected chi connectivity index (χ4v) is 2.12. The molecule has 0 radical (unpaired) electrons. The topological polar surface area (TPSA) is 48.0 Å². The van der Waals surface area contributed by atoms with E-state index in [0.29, 0.717) is 6.54 Å². The first-order valence-corrected chi connectivity index (χ1v) is 6.54. The summed E-state index contributed by atoms with van der Waals surface area (Å²) in [5, 5.41) is 7.96. The van der Waals surface area contributed by atoms with Gasteiger partial charge in [-0.15, -0.1) is 16.7 Å². The largest absolute Gasteiger partial charge is 0.307 e. The Morgan fingerprint density at radius 1 is 1.37 bits per heavy atom. The number of nitrogens with zero attached hydrogens (tertiary/aromatic N) is 5. The molecule has 3 aromatic rings. The lowest BCUT2D eigenvalue weighted by molar-refractivity contribution is 0.640. The number of aryl methyl sites for hydroxylation is 1. The number of fused-ring (bicyclic) bond motifs is 1. The highest BCUT2D eigenvalue weighted by atomic mass is 35.5. The number of alkyl halides is 1. The van der Waals surface area contributed by atoms with Crippen LogP contribution < -0.4 is 0 Å². The van der Waals surface area contributed by atoms with E-state index >= 15 is 0 Å². The Hall–Kier alpha value is -1.88. The Morgan fingerprint density at radius 3 is 2.89 bits per heavy atom. The van der Waals surface area contributed by atoms with Crippen molar-refractivity contribution >= 4 is 17.2 Å². The maximum absolute atomic E-state index is 5.97. The lowest BCUT2D eigenvalue weighted by Crippen LogP contribution is -2.00. The van der Waals surface area contributed by atoms with Gasteiger partial charge in [0, 0.05) is 12.4 Å². The predicted octanol–water partition coefficient (Wildman–Crippen LogP) is 2.58. The lowest BCUT2D eigenvalue weighted by Gasteiger charge is -1.95. The van der Waals surface area contributed by atoms with Crippen LogP contribution in [0.15, 0.2) is 30.7 Å². The Bertz CT molecular complexity index is 713. The molecule has 6 heteroatoms. The van der Waals surface area contributed by atoms with Crippen molar-refractivity contribution in [2.75, 3.05) is 0 Å². The molecule has 19 heavy (non-hydrogen) atoms. The van der Waals surface area contributed by atoms with Gasteiger partial charge in [0.15, 0.2) is 0 Å². The molecule has 0 aromatic carbocycles. The Kier molecular flexibility index (Phi) is 2.98. The summed E-state index contributed by atoms with van der Waals surface area (Å²) in [5.41, 5.74) is 3.86. The van der Waals surface area contributed by atoms with Crippen LogP contribution in [0.5, 0.6) is 0 Å². The standard InChI is InChI=1S/C13H14ClN5/c1-9-4-3-5-18-6-11(15-13(9)18)7-19-8-12(10(2)14)16-17-19/h3-6,8,10H,7H2,1-2H3. The molecule has 98 valence electrons. The third-order valence-electron chi connectivity index (χ3n) is 3.02. The quantitative estimate of drug-likeness (QED) is 0.690. The van der Waals surface area contributed by atoms with Crippen molar-refractivity contribution < 1.29 is 0 Å². The fourth-order valence-electron chi connectivity index (χ4n) is 2.02. The SMILES string of the molecule is Cc1cccn2cc(Cn3cc(C(C)Cl)nn3)nc12. The molecular formula is C13H14ClN5. The highest BCUT2D eigenvalue weighted by Gasteiger charge is 2.09. The minimum Gasteiger partial charge on any atom is -0.307 e. The van der Waals surface area contributed by atoms with Gasteiger partial charge in [-0.25, -0.2) is 9.67 Å². The van der Waals surface area contributed by atoms with Crippen molar-refractivity contribution in [2.45, 2.75) is 25.8 Å². The summed E-state index contributed by atoms with van der Waals surface area (Å²) in [6, 6.07) is 4.06. The molecule has 0 saturated carbocycles. The highest BCUT2D eigenvalue weighted by molar-refractivity contribution is 6.20. The molecule has 5 nitrogen and oxygen atoms in total. The van der Waals surface area contributed by atoms with Crippen LogP contribution in [0.25, 0.3) is 5.65 Å². The summed E-state index contributed by atoms with van der Waals surface area (Å²) in [4.78, 5) is 4.60. The number of rotatable bonds is 3. The molecule has 0 bridgehead atoms. The molecular weight excluding hydrogens is 262 g/mol. The molecule has 0 saturated heterocycles. The van der Waals surface area contributed by atoms with E-state index in [-0.39, 0.29) is 5.38 Å². The first-order chi connectivity index (χ1) is 9.13. The molecule has 1 unspecified atom stereocenters. The first-order valence-electron chi connectivity index (χ1n) is 6.11. The van der Waals surface area contributed by atoms with Gasteiger partial charge in [-0.3, -0.25) is 0 Å². The van der Waals surface area contributed by atoms with Crippen LogP contribution in [-0.4, -0.2) is 24.4 Å². The van der Waals surface area contributed by atoms with Crippen LogP contribution in [0.1, 0.15) is 29.3 Å². The second-order valence-electron chi connectivity index (χ2n) is 4.61. The van der Waals surface area contributed by atoms with Gasteiger partial charge in [0.25, 0.3) is 0 Å². The molecule has 0 N–H and O–H groups in total. The molecule has 0 spiro atoms. The van der Waals surface area contributed by atoms with Crippen molar-refractivity contribution in [1.29, 1.82) is 0 Å². The highest BCUT2D eigenvalue weighted by Crippen LogP contribution is 2.16. The number of pyridine rings is 1. The summed E-state index contributed by atoms with van der Waals surface area (Å²) in [5.74, 6) is 0. The number of hydrogen-bond donors (Lipinski definition) is 0. The molecule has 3 aromatic heterocycles. The van der Waals surface area contributed by atoms with Crippen LogP contribution >= 0.6 is 11.6 Å². The first kappa shape index (κ1) is 12.2. The summed E-state index contributed by atoms with van der Waals surface area (Å²) in [6.45, 7) is 4.52. The zero-order valence-corrected chi connectivity index (χ0v) is 11.5. The summed E-state index contributed by atoms with van der Waals surface area (Å²) in [6.07, 6.45) is 5.86. The van der Waals surface area contributed by atoms with Crippen molar-refractivity contribution in [1.82, 2.24) is 24.4 Å². The average Bonchev–Trinajstić information content (AvgIpc) is 2.96. The van der Waals surface area contributed by atoms with Gasteiger partial charge in [-0.05, 0) is 25.5 Å². The van der Waals surface area contributed by atoms with Gasteiger partial charge in [-0.1, -0.05) is 11.3 Å². The summed E-state index contributed by atoms with van der Waals surface area (Å²) >= 11 is 5.97. The minimum atomic E-state index is -0.128. The number of hydrogen-bond acceptors (Lipinski definition) is 3. The van der Waals surface area contributed by atoms with E-state index in [1.807, 2.05) is 36.0 Å². The van der Waals surface area contributed by atoms with Crippen LogP contribution in [-0.2, 0) is 6.54 Å². The van der Waals surface area contributed by atoms with Gasteiger partial charge in [0.05, 0.1) is 23.8 Å². The molecule has 1 atom stereocenters. The maximum atomic E-state index is 5.97. The monoisotopic (exact) mass is 275 g/mol. The molecule has 0 fully saturated rings. The molecule has 0 aliphatic rings. The van der Waals surface area contributed by atoms with E-state index in [1.165, 1.54) is 0 Å². The molecule has 0 aliphatic heterocycles. The summed E-state index contributed by atoms with van der Waals surface area (Å²) < 4.78 is 3.78. The second-order valence-corrected chi connectivity index (χ2v) is 5.27. The van der Waals surface area contributed by atoms with Gasteiger partial charge < -0.3 is 4.40 Å². The third-order valence-corrected chi connectivity index (χ3v) is 3.24. The van der Waals surface area contributed by atoms with Crippen LogP contribution in [0.2, 0.25) is 0 Å². The zero-order chi connectivity index (χ0) is 13.4. The summed E-state index contributed by atoms with van der Waals surface area (Å²) in [7, 11) is 0. The molecule has 3 heterocycles. The normalized spacial score (nSPS) is 13.0. The van der Waals surface area contributed by atoms with Gasteiger partial charge >= 0.3 is 0 Å². The number of imidazole rings is 1. The Balaban J connectivity index is 1.90. The third kappa shape index (κ3) is 2.33. The number of aromatic nitrogens is 5. The van der Waals surface area contributed by atoms with Gasteiger partial charge in [-0.2, -0.15) is 0 Å². The van der Waals surface area contributed by atoms with Crippen molar-refractivity contribution in [2.24, 2.45) is 0 Å². The van der Waals surface area contributed by atoms with E-state index in [9.17, 15) is 0 Å². The second kappa shape index (κ2) is 4.66. The van der Waals surface area contributed by atoms with Crippen molar-refractivity contribution in [3.8, 4) is 0 Å². The van der Waals surface area contributed by atoms with Crippen LogP contribution in [0.3, 0.4) is 0 Å².